The van der Waals surface area contributed by atoms with Gasteiger partial charge in [0.25, 0.3) is 11.8 Å². The van der Waals surface area contributed by atoms with E-state index in [1.54, 1.807) is 23.9 Å². The van der Waals surface area contributed by atoms with Gasteiger partial charge in [-0.25, -0.2) is 5.48 Å². The zero-order valence-corrected chi connectivity index (χ0v) is 18.2. The molecule has 0 saturated carbocycles. The fraction of sp³-hybridized carbons (Fsp3) is 0.280. The van der Waals surface area contributed by atoms with E-state index in [1.807, 2.05) is 53.4 Å². The molecule has 0 spiro atoms. The quantitative estimate of drug-likeness (QED) is 0.472. The number of amides is 2. The molecule has 32 heavy (non-hydrogen) atoms. The van der Waals surface area contributed by atoms with Gasteiger partial charge in [-0.2, -0.15) is 0 Å². The normalized spacial score (nSPS) is 19.0. The number of rotatable bonds is 5. The van der Waals surface area contributed by atoms with Crippen LogP contribution >= 0.6 is 0 Å². The first kappa shape index (κ1) is 21.8. The van der Waals surface area contributed by atoms with Crippen molar-refractivity contribution < 1.29 is 19.2 Å². The van der Waals surface area contributed by atoms with Crippen molar-refractivity contribution in [2.75, 3.05) is 13.1 Å². The van der Waals surface area contributed by atoms with Crippen LogP contribution in [0.15, 0.2) is 71.3 Å². The van der Waals surface area contributed by atoms with Crippen molar-refractivity contribution in [1.29, 1.82) is 0 Å². The minimum atomic E-state index is -0.528. The van der Waals surface area contributed by atoms with Crippen molar-refractivity contribution in [3.05, 3.63) is 83.6 Å². The van der Waals surface area contributed by atoms with E-state index in [4.69, 9.17) is 9.62 Å². The SMILES string of the molecule is CC1CN(C(=O)c2ccccc2-c2ccco2)CC(C)N1Cc1ccc(C(=O)NO)cc1. The number of nitrogens with one attached hydrogen (secondary N) is 1. The van der Waals surface area contributed by atoms with Crippen LogP contribution in [0.3, 0.4) is 0 Å². The van der Waals surface area contributed by atoms with Gasteiger partial charge in [-0.3, -0.25) is 19.7 Å². The lowest BCUT2D eigenvalue weighted by molar-refractivity contribution is 0.0270. The summed E-state index contributed by atoms with van der Waals surface area (Å²) in [4.78, 5) is 29.2. The maximum Gasteiger partial charge on any atom is 0.274 e. The summed E-state index contributed by atoms with van der Waals surface area (Å²) in [5.41, 5.74) is 4.57. The zero-order chi connectivity index (χ0) is 22.7. The number of hydrogen-bond donors (Lipinski definition) is 2. The van der Waals surface area contributed by atoms with Gasteiger partial charge in [0.05, 0.1) is 11.8 Å². The second-order valence-corrected chi connectivity index (χ2v) is 8.24. The van der Waals surface area contributed by atoms with Crippen molar-refractivity contribution in [2.45, 2.75) is 32.5 Å². The van der Waals surface area contributed by atoms with Gasteiger partial charge in [0.1, 0.15) is 5.76 Å². The summed E-state index contributed by atoms with van der Waals surface area (Å²) in [6.07, 6.45) is 1.61. The minimum absolute atomic E-state index is 0.00900. The van der Waals surface area contributed by atoms with Gasteiger partial charge in [-0.15, -0.1) is 0 Å². The molecule has 7 nitrogen and oxygen atoms in total. The van der Waals surface area contributed by atoms with Gasteiger partial charge in [-0.05, 0) is 49.7 Å². The predicted octanol–water partition coefficient (Wildman–Crippen LogP) is 3.80. The average Bonchev–Trinajstić information content (AvgIpc) is 3.35. The monoisotopic (exact) mass is 433 g/mol. The summed E-state index contributed by atoms with van der Waals surface area (Å²) >= 11 is 0. The molecule has 1 aromatic heterocycles. The average molecular weight is 434 g/mol. The van der Waals surface area contributed by atoms with Crippen LogP contribution < -0.4 is 5.48 Å². The van der Waals surface area contributed by atoms with Crippen LogP contribution in [0.2, 0.25) is 0 Å². The van der Waals surface area contributed by atoms with Crippen molar-refractivity contribution in [3.8, 4) is 11.3 Å². The minimum Gasteiger partial charge on any atom is -0.464 e. The van der Waals surface area contributed by atoms with E-state index >= 15 is 0 Å². The van der Waals surface area contributed by atoms with Gasteiger partial charge < -0.3 is 9.32 Å². The highest BCUT2D eigenvalue weighted by Gasteiger charge is 2.33. The third-order valence-corrected chi connectivity index (χ3v) is 6.02. The summed E-state index contributed by atoms with van der Waals surface area (Å²) in [6, 6.07) is 18.7. The molecular formula is C25H27N3O4. The standard InChI is InChI=1S/C25H27N3O4/c1-17-14-27(25(30)22-7-4-3-6-21(22)23-8-5-13-32-23)15-18(2)28(17)16-19-9-11-20(12-10-19)24(29)26-31/h3-13,17-18,31H,14-16H2,1-2H3,(H,26,29). The Morgan fingerprint density at radius 1 is 1.00 bits per heavy atom. The molecule has 7 heteroatoms. The Labute approximate surface area is 187 Å². The van der Waals surface area contributed by atoms with Gasteiger partial charge >= 0.3 is 0 Å². The van der Waals surface area contributed by atoms with Crippen molar-refractivity contribution in [3.63, 3.8) is 0 Å². The highest BCUT2D eigenvalue weighted by Crippen LogP contribution is 2.27. The van der Waals surface area contributed by atoms with Gasteiger partial charge in [0, 0.05) is 42.8 Å². The number of nitrogens with zero attached hydrogens (tertiary/aromatic N) is 2. The van der Waals surface area contributed by atoms with E-state index in [0.717, 1.165) is 11.1 Å². The molecule has 2 atom stereocenters. The highest BCUT2D eigenvalue weighted by atomic mass is 16.5. The Balaban J connectivity index is 1.47. The Bertz CT molecular complexity index is 1070. The first-order valence-corrected chi connectivity index (χ1v) is 10.7. The van der Waals surface area contributed by atoms with Crippen LogP contribution in [0.5, 0.6) is 0 Å². The number of hydroxylamine groups is 1. The van der Waals surface area contributed by atoms with E-state index in [0.29, 0.717) is 36.5 Å². The maximum absolute atomic E-state index is 13.4. The largest absolute Gasteiger partial charge is 0.464 e. The predicted molar refractivity (Wildman–Crippen MR) is 120 cm³/mol. The number of carbonyl (C=O) groups excluding carboxylic acids is 2. The summed E-state index contributed by atoms with van der Waals surface area (Å²) < 4.78 is 5.54. The molecule has 3 aromatic rings. The molecule has 2 aromatic carbocycles. The molecule has 4 rings (SSSR count). The number of carbonyl (C=O) groups is 2. The molecule has 1 aliphatic heterocycles. The molecule has 0 bridgehead atoms. The topological polar surface area (TPSA) is 86.0 Å². The van der Waals surface area contributed by atoms with Crippen LogP contribution in [-0.2, 0) is 6.54 Å². The second kappa shape index (κ2) is 9.38. The molecule has 166 valence electrons. The molecule has 1 fully saturated rings. The molecule has 1 aliphatic rings. The van der Waals surface area contributed by atoms with Crippen LogP contribution in [0.1, 0.15) is 40.1 Å². The Hall–Kier alpha value is -3.42. The molecule has 0 aliphatic carbocycles. The van der Waals surface area contributed by atoms with Gasteiger partial charge in [0.15, 0.2) is 0 Å². The third-order valence-electron chi connectivity index (χ3n) is 6.02. The maximum atomic E-state index is 13.4. The van der Waals surface area contributed by atoms with Crippen LogP contribution in [0.25, 0.3) is 11.3 Å². The van der Waals surface area contributed by atoms with Crippen molar-refractivity contribution in [1.82, 2.24) is 15.3 Å². The van der Waals surface area contributed by atoms with Crippen LogP contribution in [0, 0.1) is 0 Å². The number of benzene rings is 2. The molecule has 1 saturated heterocycles. The van der Waals surface area contributed by atoms with Gasteiger partial charge in [0.2, 0.25) is 0 Å². The smallest absolute Gasteiger partial charge is 0.274 e. The van der Waals surface area contributed by atoms with E-state index in [1.165, 1.54) is 0 Å². The van der Waals surface area contributed by atoms with E-state index in [2.05, 4.69) is 18.7 Å². The summed E-state index contributed by atoms with van der Waals surface area (Å²) in [5.74, 6) is 0.168. The van der Waals surface area contributed by atoms with E-state index in [-0.39, 0.29) is 18.0 Å². The molecule has 0 radical (unpaired) electrons. The Morgan fingerprint density at radius 2 is 1.69 bits per heavy atom. The van der Waals surface area contributed by atoms with E-state index in [9.17, 15) is 9.59 Å². The summed E-state index contributed by atoms with van der Waals surface area (Å²) in [6.45, 7) is 6.22. The summed E-state index contributed by atoms with van der Waals surface area (Å²) in [7, 11) is 0. The third kappa shape index (κ3) is 4.44. The van der Waals surface area contributed by atoms with Crippen molar-refractivity contribution in [2.24, 2.45) is 0 Å². The highest BCUT2D eigenvalue weighted by molar-refractivity contribution is 6.00. The summed E-state index contributed by atoms with van der Waals surface area (Å²) in [5, 5.41) is 8.77. The first-order valence-electron chi connectivity index (χ1n) is 10.7. The van der Waals surface area contributed by atoms with Crippen LogP contribution in [0.4, 0.5) is 0 Å². The lowest BCUT2D eigenvalue weighted by Gasteiger charge is -2.44. The number of hydrogen-bond acceptors (Lipinski definition) is 5. The lowest BCUT2D eigenvalue weighted by atomic mass is 10.0. The zero-order valence-electron chi connectivity index (χ0n) is 18.2. The van der Waals surface area contributed by atoms with Crippen molar-refractivity contribution >= 4 is 11.8 Å². The lowest BCUT2D eigenvalue weighted by Crippen LogP contribution is -2.57. The molecular weight excluding hydrogens is 406 g/mol. The number of piperazine rings is 1. The van der Waals surface area contributed by atoms with Crippen LogP contribution in [-0.4, -0.2) is 52.0 Å². The fourth-order valence-electron chi connectivity index (χ4n) is 4.36. The number of furan rings is 1. The molecule has 2 unspecified atom stereocenters. The fourth-order valence-corrected chi connectivity index (χ4v) is 4.36. The van der Waals surface area contributed by atoms with Gasteiger partial charge in [-0.1, -0.05) is 30.3 Å². The molecule has 2 N–H and O–H groups in total. The first-order chi connectivity index (χ1) is 15.5. The molecule has 2 amide bonds. The van der Waals surface area contributed by atoms with E-state index < -0.39 is 5.91 Å². The Kier molecular flexibility index (Phi) is 6.39. The second-order valence-electron chi connectivity index (χ2n) is 8.24. The molecule has 2 heterocycles. The Morgan fingerprint density at radius 3 is 2.31 bits per heavy atom.